The molecule has 1 aliphatic heterocycles. The van der Waals surface area contributed by atoms with E-state index < -0.39 is 0 Å². The molecule has 6 heteroatoms. The van der Waals surface area contributed by atoms with Gasteiger partial charge in [0.1, 0.15) is 4.99 Å². The first-order chi connectivity index (χ1) is 11.3. The van der Waals surface area contributed by atoms with Crippen LogP contribution >= 0.6 is 24.4 Å². The van der Waals surface area contributed by atoms with Crippen LogP contribution < -0.4 is 10.6 Å². The third kappa shape index (κ3) is 4.65. The summed E-state index contributed by atoms with van der Waals surface area (Å²) >= 11 is 11.7. The zero-order valence-electron chi connectivity index (χ0n) is 16.3. The zero-order chi connectivity index (χ0) is 18.3. The van der Waals surface area contributed by atoms with Crippen molar-refractivity contribution >= 4 is 34.5 Å². The molecular formula is C18H36N4S2. The quantitative estimate of drug-likeness (QED) is 0.423. The van der Waals surface area contributed by atoms with E-state index in [1.165, 1.54) is 25.7 Å². The molecular weight excluding hydrogens is 336 g/mol. The molecule has 2 N–H and O–H groups in total. The van der Waals surface area contributed by atoms with E-state index in [1.807, 2.05) is 0 Å². The lowest BCUT2D eigenvalue weighted by Gasteiger charge is -2.38. The molecule has 0 aromatic carbocycles. The summed E-state index contributed by atoms with van der Waals surface area (Å²) in [6.45, 7) is 15.2. The van der Waals surface area contributed by atoms with Crippen LogP contribution in [0, 0.1) is 0 Å². The first-order valence-corrected chi connectivity index (χ1v) is 10.3. The highest BCUT2D eigenvalue weighted by atomic mass is 32.1. The molecule has 0 amide bonds. The Labute approximate surface area is 159 Å². The maximum atomic E-state index is 5.87. The number of thiocarbonyl (C=S) groups is 2. The molecule has 1 heterocycles. The highest BCUT2D eigenvalue weighted by Crippen LogP contribution is 2.34. The van der Waals surface area contributed by atoms with Crippen LogP contribution in [-0.4, -0.2) is 50.9 Å². The lowest BCUT2D eigenvalue weighted by Crippen LogP contribution is -2.55. The van der Waals surface area contributed by atoms with Gasteiger partial charge in [0.2, 0.25) is 0 Å². The topological polar surface area (TPSA) is 30.5 Å². The fourth-order valence-corrected chi connectivity index (χ4v) is 4.34. The minimum absolute atomic E-state index is 0.135. The second kappa shape index (κ2) is 10.00. The highest BCUT2D eigenvalue weighted by Gasteiger charge is 2.50. The molecule has 1 rings (SSSR count). The summed E-state index contributed by atoms with van der Waals surface area (Å²) in [5.41, 5.74) is -0.203. The Morgan fingerprint density at radius 1 is 0.958 bits per heavy atom. The normalized spacial score (nSPS) is 23.9. The number of unbranched alkanes of at least 4 members (excludes halogenated alkanes) is 2. The Morgan fingerprint density at radius 3 is 1.92 bits per heavy atom. The SMILES string of the molecule is CCCCNC(C)N1C(=S)N(C(C)NCCCC)C(C)(CC)C1=S. The molecule has 1 fully saturated rings. The van der Waals surface area contributed by atoms with Crippen LogP contribution in [0.4, 0.5) is 0 Å². The van der Waals surface area contributed by atoms with Crippen LogP contribution in [0.15, 0.2) is 0 Å². The standard InChI is InChI=1S/C18H36N4S2/c1-7-10-12-19-14(4)21-16(23)18(6,9-3)22(17(21)24)15(5)20-13-11-8-2/h14-15,19-20H,7-13H2,1-6H3. The van der Waals surface area contributed by atoms with E-state index >= 15 is 0 Å². The van der Waals surface area contributed by atoms with Crippen molar-refractivity contribution in [3.63, 3.8) is 0 Å². The van der Waals surface area contributed by atoms with Gasteiger partial charge in [-0.05, 0) is 65.3 Å². The lowest BCUT2D eigenvalue weighted by molar-refractivity contribution is 0.193. The summed E-state index contributed by atoms with van der Waals surface area (Å²) in [7, 11) is 0. The molecule has 1 saturated heterocycles. The third-order valence-electron chi connectivity index (χ3n) is 5.03. The Hall–Kier alpha value is -0.300. The molecule has 3 unspecified atom stereocenters. The molecule has 3 atom stereocenters. The van der Waals surface area contributed by atoms with Gasteiger partial charge in [-0.15, -0.1) is 0 Å². The smallest absolute Gasteiger partial charge is 0.179 e. The van der Waals surface area contributed by atoms with Gasteiger partial charge in [-0.1, -0.05) is 45.8 Å². The highest BCUT2D eigenvalue weighted by molar-refractivity contribution is 7.82. The molecule has 0 saturated carbocycles. The van der Waals surface area contributed by atoms with Gasteiger partial charge in [0.25, 0.3) is 0 Å². The van der Waals surface area contributed by atoms with Crippen LogP contribution in [0.2, 0.25) is 0 Å². The Morgan fingerprint density at radius 2 is 1.46 bits per heavy atom. The maximum Gasteiger partial charge on any atom is 0.179 e. The second-order valence-corrected chi connectivity index (χ2v) is 7.67. The van der Waals surface area contributed by atoms with Crippen molar-refractivity contribution in [3.05, 3.63) is 0 Å². The van der Waals surface area contributed by atoms with Crippen LogP contribution in [0.25, 0.3) is 0 Å². The summed E-state index contributed by atoms with van der Waals surface area (Å²) in [5, 5.41) is 8.02. The fraction of sp³-hybridized carbons (Fsp3) is 0.889. The average Bonchev–Trinajstić information content (AvgIpc) is 2.75. The number of hydrogen-bond donors (Lipinski definition) is 2. The molecule has 1 aliphatic rings. The van der Waals surface area contributed by atoms with Gasteiger partial charge >= 0.3 is 0 Å². The number of rotatable bonds is 11. The average molecular weight is 373 g/mol. The summed E-state index contributed by atoms with van der Waals surface area (Å²) in [6, 6.07) is 0. The van der Waals surface area contributed by atoms with E-state index in [9.17, 15) is 0 Å². The van der Waals surface area contributed by atoms with E-state index in [-0.39, 0.29) is 17.9 Å². The van der Waals surface area contributed by atoms with Crippen molar-refractivity contribution in [1.29, 1.82) is 0 Å². The third-order valence-corrected chi connectivity index (χ3v) is 6.06. The summed E-state index contributed by atoms with van der Waals surface area (Å²) in [4.78, 5) is 5.39. The number of nitrogens with one attached hydrogen (secondary N) is 2. The van der Waals surface area contributed by atoms with Crippen molar-refractivity contribution in [2.45, 2.75) is 91.5 Å². The molecule has 0 bridgehead atoms. The van der Waals surface area contributed by atoms with Gasteiger partial charge in [0.15, 0.2) is 5.11 Å². The molecule has 0 aromatic rings. The maximum absolute atomic E-state index is 5.87. The summed E-state index contributed by atoms with van der Waals surface area (Å²) in [5.74, 6) is 0. The first kappa shape index (κ1) is 21.7. The Balaban J connectivity index is 2.91. The van der Waals surface area contributed by atoms with Crippen LogP contribution in [0.1, 0.15) is 73.6 Å². The first-order valence-electron chi connectivity index (χ1n) is 9.48. The van der Waals surface area contributed by atoms with Crippen molar-refractivity contribution in [2.24, 2.45) is 0 Å². The largest absolute Gasteiger partial charge is 0.322 e. The van der Waals surface area contributed by atoms with Crippen LogP contribution in [-0.2, 0) is 0 Å². The van der Waals surface area contributed by atoms with Gasteiger partial charge in [-0.2, -0.15) is 0 Å². The molecule has 4 nitrogen and oxygen atoms in total. The van der Waals surface area contributed by atoms with E-state index in [0.717, 1.165) is 29.6 Å². The van der Waals surface area contributed by atoms with Gasteiger partial charge < -0.3 is 4.90 Å². The molecule has 0 aliphatic carbocycles. The summed E-state index contributed by atoms with van der Waals surface area (Å²) < 4.78 is 0. The van der Waals surface area contributed by atoms with Crippen molar-refractivity contribution in [1.82, 2.24) is 20.4 Å². The lowest BCUT2D eigenvalue weighted by atomic mass is 9.97. The Bertz CT molecular complexity index is 429. The molecule has 140 valence electrons. The van der Waals surface area contributed by atoms with E-state index in [1.54, 1.807) is 0 Å². The monoisotopic (exact) mass is 372 g/mol. The Kier molecular flexibility index (Phi) is 9.06. The predicted molar refractivity (Wildman–Crippen MR) is 112 cm³/mol. The van der Waals surface area contributed by atoms with Gasteiger partial charge in [-0.25, -0.2) is 0 Å². The molecule has 0 spiro atoms. The second-order valence-electron chi connectivity index (χ2n) is 6.92. The molecule has 24 heavy (non-hydrogen) atoms. The van der Waals surface area contributed by atoms with Crippen molar-refractivity contribution in [2.75, 3.05) is 13.1 Å². The van der Waals surface area contributed by atoms with E-state index in [0.29, 0.717) is 0 Å². The number of nitrogens with zero attached hydrogens (tertiary/aromatic N) is 2. The molecule has 0 aromatic heterocycles. The van der Waals surface area contributed by atoms with Crippen LogP contribution in [0.3, 0.4) is 0 Å². The van der Waals surface area contributed by atoms with Gasteiger partial charge in [-0.3, -0.25) is 15.5 Å². The molecule has 0 radical (unpaired) electrons. The van der Waals surface area contributed by atoms with Crippen molar-refractivity contribution < 1.29 is 0 Å². The van der Waals surface area contributed by atoms with E-state index in [2.05, 4.69) is 62.0 Å². The fourth-order valence-electron chi connectivity index (χ4n) is 3.19. The minimum atomic E-state index is -0.203. The van der Waals surface area contributed by atoms with Crippen molar-refractivity contribution in [3.8, 4) is 0 Å². The van der Waals surface area contributed by atoms with Crippen LogP contribution in [0.5, 0.6) is 0 Å². The summed E-state index contributed by atoms with van der Waals surface area (Å²) in [6.07, 6.45) is 5.99. The van der Waals surface area contributed by atoms with Gasteiger partial charge in [0.05, 0.1) is 17.9 Å². The number of hydrogen-bond acceptors (Lipinski definition) is 4. The van der Waals surface area contributed by atoms with Gasteiger partial charge in [0, 0.05) is 0 Å². The minimum Gasteiger partial charge on any atom is -0.322 e. The van der Waals surface area contributed by atoms with E-state index in [4.69, 9.17) is 24.4 Å². The predicted octanol–water partition coefficient (Wildman–Crippen LogP) is 3.86. The zero-order valence-corrected chi connectivity index (χ0v) is 17.9.